The third kappa shape index (κ3) is 2.89. The van der Waals surface area contributed by atoms with Crippen LogP contribution < -0.4 is 4.85 Å². The first-order valence-corrected chi connectivity index (χ1v) is 7.10. The zero-order chi connectivity index (χ0) is 16.4. The quantitative estimate of drug-likeness (QED) is 0.421. The first-order chi connectivity index (χ1) is 11.1. The number of hydrogen-bond donors (Lipinski definition) is 0. The van der Waals surface area contributed by atoms with E-state index in [4.69, 9.17) is 11.6 Å². The van der Waals surface area contributed by atoms with E-state index in [1.54, 1.807) is 48.5 Å². The fraction of sp³-hybridized carbons (Fsp3) is 0.0625. The van der Waals surface area contributed by atoms with Gasteiger partial charge < -0.3 is 9.94 Å². The maximum atomic E-state index is 12.4. The lowest BCUT2D eigenvalue weighted by atomic mass is 10.1. The molecule has 1 heterocycles. The number of ether oxygens (including phenoxy) is 1. The second-order valence-corrected chi connectivity index (χ2v) is 5.18. The molecule has 3 aromatic rings. The van der Waals surface area contributed by atoms with Gasteiger partial charge in [0.2, 0.25) is 11.9 Å². The van der Waals surface area contributed by atoms with Crippen molar-refractivity contribution >= 4 is 17.6 Å². The topological polar surface area (TPSA) is 71.1 Å². The van der Waals surface area contributed by atoms with E-state index < -0.39 is 5.97 Å². The van der Waals surface area contributed by atoms with Crippen molar-refractivity contribution in [1.82, 2.24) is 9.90 Å². The normalized spacial score (nSPS) is 10.5. The summed E-state index contributed by atoms with van der Waals surface area (Å²) in [6.45, 7) is 0. The van der Waals surface area contributed by atoms with Crippen LogP contribution >= 0.6 is 11.6 Å². The van der Waals surface area contributed by atoms with Crippen molar-refractivity contribution in [2.45, 2.75) is 0 Å². The van der Waals surface area contributed by atoms with Crippen LogP contribution in [0.25, 0.3) is 16.9 Å². The van der Waals surface area contributed by atoms with Crippen LogP contribution in [-0.2, 0) is 4.74 Å². The molecule has 3 rings (SSSR count). The van der Waals surface area contributed by atoms with Crippen molar-refractivity contribution in [1.29, 1.82) is 0 Å². The molecule has 0 aliphatic heterocycles. The number of carbonyl (C=O) groups excluding carboxylic acids is 1. The van der Waals surface area contributed by atoms with E-state index >= 15 is 0 Å². The SMILES string of the molecule is COC(=O)c1ccc(-c2cnn(-c3cccc(Cl)c3)[n+]2[O-])cc1. The highest BCUT2D eigenvalue weighted by molar-refractivity contribution is 6.30. The molecule has 0 aliphatic rings. The fourth-order valence-corrected chi connectivity index (χ4v) is 2.34. The van der Waals surface area contributed by atoms with E-state index in [0.717, 1.165) is 0 Å². The van der Waals surface area contributed by atoms with E-state index in [9.17, 15) is 10.0 Å². The molecule has 0 unspecified atom stereocenters. The zero-order valence-electron chi connectivity index (χ0n) is 12.1. The molecule has 0 fully saturated rings. The summed E-state index contributed by atoms with van der Waals surface area (Å²) in [6, 6.07) is 13.4. The second kappa shape index (κ2) is 6.10. The number of methoxy groups -OCH3 is 1. The minimum absolute atomic E-state index is 0.362. The summed E-state index contributed by atoms with van der Waals surface area (Å²) in [4.78, 5) is 13.3. The predicted octanol–water partition coefficient (Wildman–Crippen LogP) is 2.61. The molecule has 0 aliphatic carbocycles. The van der Waals surface area contributed by atoms with Crippen LogP contribution in [0.1, 0.15) is 10.4 Å². The van der Waals surface area contributed by atoms with Crippen LogP contribution in [0.3, 0.4) is 0 Å². The Bertz CT molecular complexity index is 859. The van der Waals surface area contributed by atoms with E-state index in [1.807, 2.05) is 0 Å². The Labute approximate surface area is 137 Å². The average molecular weight is 330 g/mol. The van der Waals surface area contributed by atoms with Crippen molar-refractivity contribution in [2.24, 2.45) is 0 Å². The van der Waals surface area contributed by atoms with E-state index in [-0.39, 0.29) is 0 Å². The average Bonchev–Trinajstić information content (AvgIpc) is 2.96. The molecule has 0 atom stereocenters. The molecule has 0 spiro atoms. The number of benzene rings is 2. The molecule has 0 saturated carbocycles. The molecule has 0 radical (unpaired) electrons. The van der Waals surface area contributed by atoms with Gasteiger partial charge in [0.15, 0.2) is 0 Å². The van der Waals surface area contributed by atoms with Crippen LogP contribution in [0.5, 0.6) is 0 Å². The molecule has 0 N–H and O–H groups in total. The predicted molar refractivity (Wildman–Crippen MR) is 84.3 cm³/mol. The summed E-state index contributed by atoms with van der Waals surface area (Å²) < 4.78 is 4.64. The van der Waals surface area contributed by atoms with E-state index in [0.29, 0.717) is 32.4 Å². The first kappa shape index (κ1) is 15.1. The molecule has 0 bridgehead atoms. The summed E-state index contributed by atoms with van der Waals surface area (Å²) in [5.74, 6) is -0.429. The highest BCUT2D eigenvalue weighted by Gasteiger charge is 2.16. The Morgan fingerprint density at radius 2 is 2.00 bits per heavy atom. The van der Waals surface area contributed by atoms with Gasteiger partial charge in [0.1, 0.15) is 5.69 Å². The monoisotopic (exact) mass is 329 g/mol. The summed E-state index contributed by atoms with van der Waals surface area (Å²) in [5, 5.41) is 17.0. The fourth-order valence-electron chi connectivity index (χ4n) is 2.16. The van der Waals surface area contributed by atoms with E-state index in [1.165, 1.54) is 18.1 Å². The van der Waals surface area contributed by atoms with Gasteiger partial charge in [0.05, 0.1) is 12.7 Å². The number of hydrogen-bond acceptors (Lipinski definition) is 4. The smallest absolute Gasteiger partial charge is 0.337 e. The largest absolute Gasteiger partial charge is 0.692 e. The molecule has 6 nitrogen and oxygen atoms in total. The second-order valence-electron chi connectivity index (χ2n) is 4.74. The minimum atomic E-state index is -0.429. The Balaban J connectivity index is 1.97. The molecule has 7 heteroatoms. The maximum absolute atomic E-state index is 12.4. The number of halogens is 1. The minimum Gasteiger partial charge on any atom is -0.692 e. The van der Waals surface area contributed by atoms with Crippen LogP contribution in [0, 0.1) is 5.21 Å². The van der Waals surface area contributed by atoms with Crippen molar-refractivity contribution in [3.05, 3.63) is 70.5 Å². The summed E-state index contributed by atoms with van der Waals surface area (Å²) in [7, 11) is 1.32. The highest BCUT2D eigenvalue weighted by Crippen LogP contribution is 2.18. The molecule has 23 heavy (non-hydrogen) atoms. The van der Waals surface area contributed by atoms with Crippen LogP contribution in [0.4, 0.5) is 0 Å². The van der Waals surface area contributed by atoms with Gasteiger partial charge in [0, 0.05) is 15.7 Å². The van der Waals surface area contributed by atoms with Crippen molar-refractivity contribution in [2.75, 3.05) is 7.11 Å². The lowest BCUT2D eigenvalue weighted by Crippen LogP contribution is -2.38. The van der Waals surface area contributed by atoms with Gasteiger partial charge >= 0.3 is 5.97 Å². The number of rotatable bonds is 3. The number of esters is 1. The van der Waals surface area contributed by atoms with Crippen molar-refractivity contribution < 1.29 is 14.4 Å². The van der Waals surface area contributed by atoms with Gasteiger partial charge in [-0.15, -0.1) is 4.85 Å². The Morgan fingerprint density at radius 1 is 1.26 bits per heavy atom. The number of nitrogens with zero attached hydrogens (tertiary/aromatic N) is 3. The molecule has 116 valence electrons. The van der Waals surface area contributed by atoms with Crippen LogP contribution in [0.15, 0.2) is 54.7 Å². The van der Waals surface area contributed by atoms with Crippen molar-refractivity contribution in [3.63, 3.8) is 0 Å². The van der Waals surface area contributed by atoms with Crippen molar-refractivity contribution in [3.8, 4) is 16.9 Å². The Kier molecular flexibility index (Phi) is 3.99. The van der Waals surface area contributed by atoms with Crippen LogP contribution in [0.2, 0.25) is 5.02 Å². The first-order valence-electron chi connectivity index (χ1n) is 6.72. The summed E-state index contributed by atoms with van der Waals surface area (Å²) in [6.07, 6.45) is 1.46. The maximum Gasteiger partial charge on any atom is 0.337 e. The lowest BCUT2D eigenvalue weighted by molar-refractivity contribution is -0.678. The highest BCUT2D eigenvalue weighted by atomic mass is 35.5. The standard InChI is InChI=1S/C16H12ClN3O3/c1-23-16(21)12-7-5-11(6-8-12)15-10-18-19(20(15)22)14-4-2-3-13(17)9-14/h2-10H,1H3. The third-order valence-corrected chi connectivity index (χ3v) is 3.54. The molecule has 1 aromatic heterocycles. The Hall–Kier alpha value is -2.86. The van der Waals surface area contributed by atoms with Gasteiger partial charge in [-0.2, -0.15) is 0 Å². The van der Waals surface area contributed by atoms with Crippen LogP contribution in [-0.4, -0.2) is 23.0 Å². The van der Waals surface area contributed by atoms with Gasteiger partial charge in [0.25, 0.3) is 0 Å². The van der Waals surface area contributed by atoms with Gasteiger partial charge in [-0.05, 0) is 47.3 Å². The van der Waals surface area contributed by atoms with E-state index in [2.05, 4.69) is 9.84 Å². The molecule has 0 amide bonds. The molecular formula is C16H12ClN3O3. The van der Waals surface area contributed by atoms with Gasteiger partial charge in [-0.1, -0.05) is 17.7 Å². The number of carbonyl (C=O) groups is 1. The van der Waals surface area contributed by atoms with Gasteiger partial charge in [-0.3, -0.25) is 0 Å². The summed E-state index contributed by atoms with van der Waals surface area (Å²) in [5.41, 5.74) is 1.98. The third-order valence-electron chi connectivity index (χ3n) is 3.31. The van der Waals surface area contributed by atoms with Gasteiger partial charge in [-0.25, -0.2) is 4.79 Å². The number of aromatic nitrogens is 3. The lowest BCUT2D eigenvalue weighted by Gasteiger charge is -2.07. The zero-order valence-corrected chi connectivity index (χ0v) is 12.9. The summed E-state index contributed by atoms with van der Waals surface area (Å²) >= 11 is 5.94. The molecular weight excluding hydrogens is 318 g/mol. The Morgan fingerprint density at radius 3 is 2.65 bits per heavy atom. The molecule has 2 aromatic carbocycles. The molecule has 0 saturated heterocycles.